The van der Waals surface area contributed by atoms with Crippen molar-refractivity contribution in [2.45, 2.75) is 31.5 Å². The van der Waals surface area contributed by atoms with E-state index < -0.39 is 5.60 Å². The van der Waals surface area contributed by atoms with E-state index in [1.165, 1.54) is 0 Å². The fraction of sp³-hybridized carbons (Fsp3) is 0.286. The van der Waals surface area contributed by atoms with Crippen LogP contribution in [0.15, 0.2) is 64.5 Å². The maximum absolute atomic E-state index is 11.9. The molecule has 1 aromatic carbocycles. The molecule has 1 saturated heterocycles. The van der Waals surface area contributed by atoms with Crippen LogP contribution in [0, 0.1) is 0 Å². The Morgan fingerprint density at radius 1 is 1.30 bits per heavy atom. The molecule has 0 radical (unpaired) electrons. The van der Waals surface area contributed by atoms with Crippen LogP contribution >= 0.6 is 0 Å². The molecular weight excluding hydrogens is 344 g/mol. The van der Waals surface area contributed by atoms with E-state index >= 15 is 0 Å². The Bertz CT molecular complexity index is 889. The standard InChI is InChI=1S/C21H20N2O4/c1-21(13-26-21)20(25)27-18-8-6-15(7-9-18)17-10-22-19(23-11-17)16-4-2-14(12-24)3-5-16/h2-6,8,10-12,19,22H,7,9,13H2,1H3/t19?,21-/m0/s1. The predicted molar refractivity (Wildman–Crippen MR) is 100 cm³/mol. The highest BCUT2D eigenvalue weighted by Gasteiger charge is 2.49. The molecule has 2 heterocycles. The molecular formula is C21H20N2O4. The highest BCUT2D eigenvalue weighted by molar-refractivity contribution is 5.86. The molecule has 0 amide bonds. The van der Waals surface area contributed by atoms with Crippen LogP contribution in [0.3, 0.4) is 0 Å². The van der Waals surface area contributed by atoms with Crippen molar-refractivity contribution in [3.63, 3.8) is 0 Å². The number of benzene rings is 1. The van der Waals surface area contributed by atoms with E-state index in [9.17, 15) is 9.59 Å². The number of ether oxygens (including phenoxy) is 2. The first-order valence-corrected chi connectivity index (χ1v) is 8.88. The van der Waals surface area contributed by atoms with Crippen LogP contribution in [0.2, 0.25) is 0 Å². The Labute approximate surface area is 157 Å². The molecule has 1 aromatic rings. The zero-order chi connectivity index (χ0) is 18.9. The van der Waals surface area contributed by atoms with Gasteiger partial charge in [-0.3, -0.25) is 9.79 Å². The third kappa shape index (κ3) is 3.75. The van der Waals surface area contributed by atoms with E-state index in [2.05, 4.69) is 10.3 Å². The second-order valence-electron chi connectivity index (χ2n) is 6.97. The van der Waals surface area contributed by atoms with Crippen molar-refractivity contribution in [1.29, 1.82) is 0 Å². The molecule has 1 N–H and O–H groups in total. The summed E-state index contributed by atoms with van der Waals surface area (Å²) in [6.45, 7) is 2.16. The number of aliphatic imine (C=N–C) groups is 1. The monoisotopic (exact) mass is 364 g/mol. The average molecular weight is 364 g/mol. The molecule has 27 heavy (non-hydrogen) atoms. The van der Waals surface area contributed by atoms with Gasteiger partial charge in [0.2, 0.25) is 0 Å². The van der Waals surface area contributed by atoms with Gasteiger partial charge in [-0.25, -0.2) is 4.79 Å². The van der Waals surface area contributed by atoms with Crippen molar-refractivity contribution in [2.24, 2.45) is 4.99 Å². The summed E-state index contributed by atoms with van der Waals surface area (Å²) < 4.78 is 10.5. The summed E-state index contributed by atoms with van der Waals surface area (Å²) in [5, 5.41) is 3.28. The quantitative estimate of drug-likeness (QED) is 0.494. The Kier molecular flexibility index (Phi) is 4.49. The van der Waals surface area contributed by atoms with Gasteiger partial charge in [-0.05, 0) is 30.6 Å². The van der Waals surface area contributed by atoms with Crippen molar-refractivity contribution in [2.75, 3.05) is 6.61 Å². The molecule has 4 rings (SSSR count). The first-order chi connectivity index (χ1) is 13.1. The molecule has 0 saturated carbocycles. The third-order valence-corrected chi connectivity index (χ3v) is 4.86. The van der Waals surface area contributed by atoms with E-state index in [-0.39, 0.29) is 12.1 Å². The highest BCUT2D eigenvalue weighted by atomic mass is 16.6. The molecule has 6 heteroatoms. The Morgan fingerprint density at radius 3 is 2.63 bits per heavy atom. The second kappa shape index (κ2) is 6.96. The zero-order valence-electron chi connectivity index (χ0n) is 15.0. The number of hydrogen-bond acceptors (Lipinski definition) is 6. The minimum absolute atomic E-state index is 0.162. The van der Waals surface area contributed by atoms with Gasteiger partial charge >= 0.3 is 5.97 Å². The highest BCUT2D eigenvalue weighted by Crippen LogP contribution is 2.31. The first-order valence-electron chi connectivity index (χ1n) is 8.88. The number of aldehydes is 1. The van der Waals surface area contributed by atoms with E-state index in [4.69, 9.17) is 9.47 Å². The van der Waals surface area contributed by atoms with Crippen LogP contribution in [0.4, 0.5) is 0 Å². The normalized spacial score (nSPS) is 26.3. The van der Waals surface area contributed by atoms with Gasteiger partial charge in [0.25, 0.3) is 0 Å². The molecule has 0 bridgehead atoms. The summed E-state index contributed by atoms with van der Waals surface area (Å²) in [7, 11) is 0. The fourth-order valence-corrected chi connectivity index (χ4v) is 2.92. The van der Waals surface area contributed by atoms with Gasteiger partial charge in [0.05, 0.1) is 6.61 Å². The SMILES string of the molecule is C[C@@]1(C(=O)OC2=CC=C(C3=CNC(c4ccc(C=O)cc4)N=C3)CC2)CO1. The maximum Gasteiger partial charge on any atom is 0.345 e. The molecule has 1 fully saturated rings. The van der Waals surface area contributed by atoms with Gasteiger partial charge in [-0.2, -0.15) is 0 Å². The molecule has 0 spiro atoms. The molecule has 0 aromatic heterocycles. The van der Waals surface area contributed by atoms with Crippen molar-refractivity contribution in [3.05, 3.63) is 70.6 Å². The van der Waals surface area contributed by atoms with Crippen molar-refractivity contribution in [1.82, 2.24) is 5.32 Å². The lowest BCUT2D eigenvalue weighted by molar-refractivity contribution is -0.145. The van der Waals surface area contributed by atoms with E-state index in [1.807, 2.05) is 36.7 Å². The summed E-state index contributed by atoms with van der Waals surface area (Å²) in [5.41, 5.74) is 3.03. The minimum atomic E-state index is -0.758. The van der Waals surface area contributed by atoms with Crippen molar-refractivity contribution < 1.29 is 19.1 Å². The number of hydrogen-bond donors (Lipinski definition) is 1. The van der Waals surface area contributed by atoms with Crippen LogP contribution in [0.1, 0.15) is 41.9 Å². The van der Waals surface area contributed by atoms with Crippen LogP contribution in [0.5, 0.6) is 0 Å². The largest absolute Gasteiger partial charge is 0.429 e. The van der Waals surface area contributed by atoms with Crippen LogP contribution in [-0.2, 0) is 14.3 Å². The maximum atomic E-state index is 11.9. The van der Waals surface area contributed by atoms with Crippen molar-refractivity contribution >= 4 is 18.5 Å². The second-order valence-corrected chi connectivity index (χ2v) is 6.97. The summed E-state index contributed by atoms with van der Waals surface area (Å²) in [6, 6.07) is 7.35. The number of epoxide rings is 1. The first kappa shape index (κ1) is 17.4. The lowest BCUT2D eigenvalue weighted by Crippen LogP contribution is -2.23. The molecule has 3 aliphatic rings. The minimum Gasteiger partial charge on any atom is -0.429 e. The number of carbonyl (C=O) groups is 2. The lowest BCUT2D eigenvalue weighted by Gasteiger charge is -2.21. The molecule has 1 aliphatic carbocycles. The molecule has 6 nitrogen and oxygen atoms in total. The van der Waals surface area contributed by atoms with Gasteiger partial charge in [0.15, 0.2) is 5.60 Å². The summed E-state index contributed by atoms with van der Waals surface area (Å²) in [4.78, 5) is 27.2. The third-order valence-electron chi connectivity index (χ3n) is 4.86. The van der Waals surface area contributed by atoms with Crippen LogP contribution in [-0.4, -0.2) is 30.7 Å². The van der Waals surface area contributed by atoms with Crippen molar-refractivity contribution in [3.8, 4) is 0 Å². The number of allylic oxidation sites excluding steroid dienone is 5. The van der Waals surface area contributed by atoms with Gasteiger partial charge < -0.3 is 14.8 Å². The Morgan fingerprint density at radius 2 is 2.07 bits per heavy atom. The van der Waals surface area contributed by atoms with E-state index in [1.54, 1.807) is 19.1 Å². The zero-order valence-corrected chi connectivity index (χ0v) is 15.0. The molecule has 2 atom stereocenters. The fourth-order valence-electron chi connectivity index (χ4n) is 2.92. The smallest absolute Gasteiger partial charge is 0.345 e. The molecule has 2 aliphatic heterocycles. The topological polar surface area (TPSA) is 80.3 Å². The number of esters is 1. The number of rotatable bonds is 5. The Balaban J connectivity index is 1.38. The van der Waals surface area contributed by atoms with Gasteiger partial charge in [-0.1, -0.05) is 30.3 Å². The lowest BCUT2D eigenvalue weighted by atomic mass is 9.96. The van der Waals surface area contributed by atoms with E-state index in [0.717, 1.165) is 29.4 Å². The summed E-state index contributed by atoms with van der Waals surface area (Å²) in [6.07, 6.45) is 9.69. The summed E-state index contributed by atoms with van der Waals surface area (Å²) >= 11 is 0. The molecule has 1 unspecified atom stereocenters. The number of carbonyl (C=O) groups excluding carboxylic acids is 2. The summed E-state index contributed by atoms with van der Waals surface area (Å²) in [5.74, 6) is 0.337. The van der Waals surface area contributed by atoms with E-state index in [0.29, 0.717) is 24.4 Å². The van der Waals surface area contributed by atoms with Gasteiger partial charge in [-0.15, -0.1) is 0 Å². The predicted octanol–water partition coefficient (Wildman–Crippen LogP) is 2.99. The average Bonchev–Trinajstić information content (AvgIpc) is 3.48. The van der Waals surface area contributed by atoms with Gasteiger partial charge in [0, 0.05) is 30.0 Å². The van der Waals surface area contributed by atoms with Gasteiger partial charge in [0.1, 0.15) is 18.2 Å². The molecule has 138 valence electrons. The number of nitrogens with one attached hydrogen (secondary N) is 1. The number of nitrogens with zero attached hydrogens (tertiary/aromatic N) is 1. The Hall–Kier alpha value is -2.99. The van der Waals surface area contributed by atoms with Crippen LogP contribution < -0.4 is 5.32 Å². The van der Waals surface area contributed by atoms with Crippen LogP contribution in [0.25, 0.3) is 0 Å².